The van der Waals surface area contributed by atoms with Crippen LogP contribution in [0.4, 0.5) is 17.1 Å². The molecule has 6 heteroatoms. The fourth-order valence-electron chi connectivity index (χ4n) is 2.18. The fraction of sp³-hybridized carbons (Fsp3) is 0.188. The Kier molecular flexibility index (Phi) is 5.06. The molecule has 0 saturated carbocycles. The van der Waals surface area contributed by atoms with Crippen molar-refractivity contribution in [2.45, 2.75) is 20.3 Å². The number of aryl methyl sites for hydroxylation is 1. The predicted molar refractivity (Wildman–Crippen MR) is 93.5 cm³/mol. The van der Waals surface area contributed by atoms with Crippen molar-refractivity contribution in [3.8, 4) is 0 Å². The van der Waals surface area contributed by atoms with Gasteiger partial charge >= 0.3 is 0 Å². The fourth-order valence-corrected chi connectivity index (χ4v) is 2.40. The average molecular weight is 315 g/mol. The van der Waals surface area contributed by atoms with E-state index in [0.29, 0.717) is 16.4 Å². The summed E-state index contributed by atoms with van der Waals surface area (Å²) in [6.45, 7) is 3.77. The molecule has 0 unspecified atom stereocenters. The third-order valence-corrected chi connectivity index (χ3v) is 3.60. The Morgan fingerprint density at radius 1 is 1.14 bits per heavy atom. The molecule has 2 aromatic carbocycles. The third-order valence-electron chi connectivity index (χ3n) is 3.40. The van der Waals surface area contributed by atoms with Gasteiger partial charge in [-0.3, -0.25) is 10.1 Å². The van der Waals surface area contributed by atoms with Crippen molar-refractivity contribution in [1.82, 2.24) is 0 Å². The molecular weight excluding hydrogens is 298 g/mol. The van der Waals surface area contributed by atoms with Crippen LogP contribution < -0.4 is 10.6 Å². The van der Waals surface area contributed by atoms with E-state index in [1.165, 1.54) is 6.07 Å². The lowest BCUT2D eigenvalue weighted by Gasteiger charge is -2.14. The summed E-state index contributed by atoms with van der Waals surface area (Å²) in [7, 11) is 0. The molecule has 0 amide bonds. The Labute approximate surface area is 134 Å². The Morgan fingerprint density at radius 2 is 1.77 bits per heavy atom. The highest BCUT2D eigenvalue weighted by molar-refractivity contribution is 7.80. The Morgan fingerprint density at radius 3 is 2.45 bits per heavy atom. The number of benzene rings is 2. The summed E-state index contributed by atoms with van der Waals surface area (Å²) in [6.07, 6.45) is 0.890. The van der Waals surface area contributed by atoms with Gasteiger partial charge in [-0.25, -0.2) is 0 Å². The molecule has 2 aromatic rings. The number of nitro groups is 1. The first-order chi connectivity index (χ1) is 10.5. The number of nitrogens with one attached hydrogen (secondary N) is 2. The van der Waals surface area contributed by atoms with Crippen molar-refractivity contribution >= 4 is 34.4 Å². The van der Waals surface area contributed by atoms with Gasteiger partial charge in [0.25, 0.3) is 5.69 Å². The predicted octanol–water partition coefficient (Wildman–Crippen LogP) is 4.27. The Balaban J connectivity index is 2.16. The van der Waals surface area contributed by atoms with Crippen LogP contribution in [0.15, 0.2) is 42.5 Å². The number of anilines is 2. The van der Waals surface area contributed by atoms with Gasteiger partial charge in [-0.05, 0) is 43.3 Å². The molecule has 0 fully saturated rings. The van der Waals surface area contributed by atoms with E-state index < -0.39 is 4.92 Å². The maximum atomic E-state index is 11.0. The zero-order chi connectivity index (χ0) is 16.1. The van der Waals surface area contributed by atoms with Gasteiger partial charge in [0, 0.05) is 11.8 Å². The molecule has 2 rings (SSSR count). The summed E-state index contributed by atoms with van der Waals surface area (Å²) < 4.78 is 0. The van der Waals surface area contributed by atoms with E-state index in [0.717, 1.165) is 17.7 Å². The minimum Gasteiger partial charge on any atom is -0.332 e. The molecule has 0 bridgehead atoms. The van der Waals surface area contributed by atoms with Crippen LogP contribution in [0.1, 0.15) is 18.1 Å². The summed E-state index contributed by atoms with van der Waals surface area (Å²) in [5, 5.41) is 17.5. The van der Waals surface area contributed by atoms with Crippen LogP contribution in [0.2, 0.25) is 0 Å². The topological polar surface area (TPSA) is 67.2 Å². The van der Waals surface area contributed by atoms with Gasteiger partial charge in [0.1, 0.15) is 0 Å². The molecule has 114 valence electrons. The van der Waals surface area contributed by atoms with Crippen LogP contribution >= 0.6 is 12.2 Å². The number of hydrogen-bond acceptors (Lipinski definition) is 3. The summed E-state index contributed by atoms with van der Waals surface area (Å²) in [6, 6.07) is 12.8. The lowest BCUT2D eigenvalue weighted by atomic mass is 10.1. The first kappa shape index (κ1) is 15.9. The number of hydrogen-bond donors (Lipinski definition) is 2. The molecule has 0 heterocycles. The number of para-hydroxylation sites is 1. The Bertz CT molecular complexity index is 716. The lowest BCUT2D eigenvalue weighted by Crippen LogP contribution is -2.20. The normalized spacial score (nSPS) is 10.1. The number of thiocarbonyl (C=S) groups is 1. The molecule has 0 aliphatic heterocycles. The summed E-state index contributed by atoms with van der Waals surface area (Å²) in [5.41, 5.74) is 3.34. The standard InChI is InChI=1S/C16H17N3O2S/c1-3-12-7-4-5-8-14(12)18-16(22)17-13-9-6-10-15(11(13)2)19(20)21/h4-10H,3H2,1-2H3,(H2,17,18,22). The molecule has 0 radical (unpaired) electrons. The molecule has 0 saturated heterocycles. The van der Waals surface area contributed by atoms with Gasteiger partial charge in [-0.1, -0.05) is 31.2 Å². The van der Waals surface area contributed by atoms with Gasteiger partial charge in [0.05, 0.1) is 16.2 Å². The van der Waals surface area contributed by atoms with Gasteiger partial charge < -0.3 is 10.6 Å². The van der Waals surface area contributed by atoms with Crippen molar-refractivity contribution in [2.75, 3.05) is 10.6 Å². The second kappa shape index (κ2) is 7.00. The molecule has 2 N–H and O–H groups in total. The van der Waals surface area contributed by atoms with Crippen molar-refractivity contribution in [3.63, 3.8) is 0 Å². The van der Waals surface area contributed by atoms with Crippen LogP contribution in [-0.2, 0) is 6.42 Å². The van der Waals surface area contributed by atoms with E-state index in [1.807, 2.05) is 24.3 Å². The largest absolute Gasteiger partial charge is 0.332 e. The van der Waals surface area contributed by atoms with Crippen LogP contribution in [0.3, 0.4) is 0 Å². The highest BCUT2D eigenvalue weighted by Crippen LogP contribution is 2.25. The molecule has 0 aliphatic carbocycles. The van der Waals surface area contributed by atoms with Crippen molar-refractivity contribution < 1.29 is 4.92 Å². The highest BCUT2D eigenvalue weighted by atomic mass is 32.1. The quantitative estimate of drug-likeness (QED) is 0.501. The zero-order valence-electron chi connectivity index (χ0n) is 12.4. The minimum atomic E-state index is -0.399. The molecule has 5 nitrogen and oxygen atoms in total. The maximum Gasteiger partial charge on any atom is 0.274 e. The van der Waals surface area contributed by atoms with Gasteiger partial charge in [0.15, 0.2) is 5.11 Å². The lowest BCUT2D eigenvalue weighted by molar-refractivity contribution is -0.385. The maximum absolute atomic E-state index is 11.0. The number of nitrogens with zero attached hydrogens (tertiary/aromatic N) is 1. The van der Waals surface area contributed by atoms with Crippen molar-refractivity contribution in [1.29, 1.82) is 0 Å². The van der Waals surface area contributed by atoms with Crippen LogP contribution in [0, 0.1) is 17.0 Å². The van der Waals surface area contributed by atoms with Gasteiger partial charge in [-0.2, -0.15) is 0 Å². The third kappa shape index (κ3) is 3.59. The Hall–Kier alpha value is -2.47. The van der Waals surface area contributed by atoms with E-state index in [4.69, 9.17) is 12.2 Å². The molecule has 0 atom stereocenters. The van der Waals surface area contributed by atoms with Crippen LogP contribution in [0.5, 0.6) is 0 Å². The van der Waals surface area contributed by atoms with Crippen molar-refractivity contribution in [3.05, 3.63) is 63.7 Å². The monoisotopic (exact) mass is 315 g/mol. The summed E-state index contributed by atoms with van der Waals surface area (Å²) >= 11 is 5.30. The second-order valence-corrected chi connectivity index (χ2v) is 5.20. The smallest absolute Gasteiger partial charge is 0.274 e. The molecule has 0 spiro atoms. The molecule has 22 heavy (non-hydrogen) atoms. The number of rotatable bonds is 4. The highest BCUT2D eigenvalue weighted by Gasteiger charge is 2.14. The second-order valence-electron chi connectivity index (χ2n) is 4.80. The van der Waals surface area contributed by atoms with Gasteiger partial charge in [0.2, 0.25) is 0 Å². The number of nitro benzene ring substituents is 1. The average Bonchev–Trinajstić information content (AvgIpc) is 2.49. The SMILES string of the molecule is CCc1ccccc1NC(=S)Nc1cccc([N+](=O)[O-])c1C. The summed E-state index contributed by atoms with van der Waals surface area (Å²) in [4.78, 5) is 10.6. The van der Waals surface area contributed by atoms with E-state index >= 15 is 0 Å². The van der Waals surface area contributed by atoms with E-state index in [1.54, 1.807) is 19.1 Å². The van der Waals surface area contributed by atoms with Crippen molar-refractivity contribution in [2.24, 2.45) is 0 Å². The molecular formula is C16H17N3O2S. The van der Waals surface area contributed by atoms with Gasteiger partial charge in [-0.15, -0.1) is 0 Å². The summed E-state index contributed by atoms with van der Waals surface area (Å²) in [5.74, 6) is 0. The van der Waals surface area contributed by atoms with E-state index in [-0.39, 0.29) is 5.69 Å². The van der Waals surface area contributed by atoms with Crippen LogP contribution in [-0.4, -0.2) is 10.0 Å². The minimum absolute atomic E-state index is 0.0711. The van der Waals surface area contributed by atoms with E-state index in [9.17, 15) is 10.1 Å². The van der Waals surface area contributed by atoms with E-state index in [2.05, 4.69) is 17.6 Å². The molecule has 0 aromatic heterocycles. The van der Waals surface area contributed by atoms with Crippen LogP contribution in [0.25, 0.3) is 0 Å². The molecule has 0 aliphatic rings. The first-order valence-electron chi connectivity index (χ1n) is 6.92. The zero-order valence-corrected chi connectivity index (χ0v) is 13.2. The first-order valence-corrected chi connectivity index (χ1v) is 7.33.